The van der Waals surface area contributed by atoms with Gasteiger partial charge in [-0.3, -0.25) is 0 Å². The van der Waals surface area contributed by atoms with Crippen LogP contribution in [-0.4, -0.2) is 4.57 Å². The van der Waals surface area contributed by atoms with E-state index in [2.05, 4.69) is 243 Å². The van der Waals surface area contributed by atoms with Crippen molar-refractivity contribution in [2.24, 2.45) is 0 Å². The fraction of sp³-hybridized carbons (Fsp3) is 0.100. The van der Waals surface area contributed by atoms with Crippen molar-refractivity contribution in [3.63, 3.8) is 0 Å². The summed E-state index contributed by atoms with van der Waals surface area (Å²) in [6.07, 6.45) is 0. The molecule has 0 spiro atoms. The van der Waals surface area contributed by atoms with E-state index >= 15 is 0 Å². The number of rotatable bonds is 6. The number of aromatic nitrogens is 1. The van der Waals surface area contributed by atoms with Crippen LogP contribution in [0.25, 0.3) is 72.0 Å². The Labute approximate surface area is 364 Å². The zero-order valence-electron chi connectivity index (χ0n) is 35.5. The smallest absolute Gasteiger partial charge is 0.0543 e. The Hall–Kier alpha value is -7.42. The molecule has 10 aromatic rings. The molecule has 0 amide bonds. The van der Waals surface area contributed by atoms with E-state index in [-0.39, 0.29) is 10.8 Å². The molecule has 0 N–H and O–H groups in total. The zero-order chi connectivity index (χ0) is 41.7. The minimum Gasteiger partial charge on any atom is -0.310 e. The van der Waals surface area contributed by atoms with E-state index < -0.39 is 0 Å². The summed E-state index contributed by atoms with van der Waals surface area (Å²) in [7, 11) is 0. The van der Waals surface area contributed by atoms with Gasteiger partial charge in [0, 0.05) is 44.2 Å². The molecule has 1 heterocycles. The Morgan fingerprint density at radius 2 is 0.790 bits per heavy atom. The van der Waals surface area contributed by atoms with Crippen LogP contribution in [0, 0.1) is 0 Å². The number of hydrogen-bond acceptors (Lipinski definition) is 1. The predicted octanol–water partition coefficient (Wildman–Crippen LogP) is 16.2. The molecule has 62 heavy (non-hydrogen) atoms. The third kappa shape index (κ3) is 5.36. The quantitative estimate of drug-likeness (QED) is 0.163. The average molecular weight is 795 g/mol. The van der Waals surface area contributed by atoms with Crippen molar-refractivity contribution in [2.75, 3.05) is 4.90 Å². The molecule has 1 aromatic heterocycles. The van der Waals surface area contributed by atoms with Gasteiger partial charge in [-0.2, -0.15) is 0 Å². The van der Waals surface area contributed by atoms with Crippen LogP contribution in [0.5, 0.6) is 0 Å². The topological polar surface area (TPSA) is 8.17 Å². The Morgan fingerprint density at radius 3 is 1.37 bits per heavy atom. The third-order valence-corrected chi connectivity index (χ3v) is 14.0. The van der Waals surface area contributed by atoms with Gasteiger partial charge in [-0.15, -0.1) is 0 Å². The molecule has 2 aliphatic carbocycles. The molecule has 9 aromatic carbocycles. The Kier molecular flexibility index (Phi) is 7.96. The first-order valence-corrected chi connectivity index (χ1v) is 21.8. The van der Waals surface area contributed by atoms with Gasteiger partial charge in [-0.1, -0.05) is 167 Å². The van der Waals surface area contributed by atoms with Crippen LogP contribution in [0.15, 0.2) is 206 Å². The van der Waals surface area contributed by atoms with E-state index in [0.29, 0.717) is 0 Å². The van der Waals surface area contributed by atoms with E-state index in [0.717, 1.165) is 17.1 Å². The van der Waals surface area contributed by atoms with Gasteiger partial charge in [0.05, 0.1) is 16.7 Å². The molecule has 2 aliphatic rings. The second kappa shape index (κ2) is 13.5. The van der Waals surface area contributed by atoms with Gasteiger partial charge in [0.1, 0.15) is 0 Å². The summed E-state index contributed by atoms with van der Waals surface area (Å²) in [6.45, 7) is 9.66. The second-order valence-electron chi connectivity index (χ2n) is 18.2. The van der Waals surface area contributed by atoms with Gasteiger partial charge in [0.2, 0.25) is 0 Å². The fourth-order valence-electron chi connectivity index (χ4n) is 10.8. The van der Waals surface area contributed by atoms with Crippen LogP contribution in [-0.2, 0) is 10.8 Å². The third-order valence-electron chi connectivity index (χ3n) is 14.0. The minimum absolute atomic E-state index is 0.171. The van der Waals surface area contributed by atoms with E-state index in [4.69, 9.17) is 0 Å². The van der Waals surface area contributed by atoms with E-state index in [1.807, 2.05) is 0 Å². The second-order valence-corrected chi connectivity index (χ2v) is 18.2. The van der Waals surface area contributed by atoms with E-state index in [1.165, 1.54) is 94.3 Å². The lowest BCUT2D eigenvalue weighted by molar-refractivity contribution is 0.652. The molecule has 0 aliphatic heterocycles. The van der Waals surface area contributed by atoms with Crippen molar-refractivity contribution in [3.05, 3.63) is 229 Å². The van der Waals surface area contributed by atoms with Crippen LogP contribution in [0.2, 0.25) is 0 Å². The van der Waals surface area contributed by atoms with Crippen LogP contribution in [0.4, 0.5) is 17.1 Å². The summed E-state index contributed by atoms with van der Waals surface area (Å²) in [5.74, 6) is 0. The largest absolute Gasteiger partial charge is 0.310 e. The monoisotopic (exact) mass is 794 g/mol. The number of anilines is 3. The molecule has 0 saturated carbocycles. The van der Waals surface area contributed by atoms with Gasteiger partial charge in [-0.25, -0.2) is 0 Å². The van der Waals surface area contributed by atoms with Crippen LogP contribution in [0.3, 0.4) is 0 Å². The van der Waals surface area contributed by atoms with Gasteiger partial charge < -0.3 is 9.47 Å². The predicted molar refractivity (Wildman–Crippen MR) is 261 cm³/mol. The normalized spacial score (nSPS) is 14.1. The summed E-state index contributed by atoms with van der Waals surface area (Å²) in [4.78, 5) is 2.42. The number of nitrogens with zero attached hydrogens (tertiary/aromatic N) is 2. The lowest BCUT2D eigenvalue weighted by Gasteiger charge is -2.28. The first-order valence-electron chi connectivity index (χ1n) is 21.8. The highest BCUT2D eigenvalue weighted by Gasteiger charge is 2.43. The Bertz CT molecular complexity index is 3230. The highest BCUT2D eigenvalue weighted by atomic mass is 15.1. The molecule has 0 fully saturated rings. The summed E-state index contributed by atoms with van der Waals surface area (Å²) < 4.78 is 2.50. The molecule has 12 rings (SSSR count). The van der Waals surface area contributed by atoms with Gasteiger partial charge >= 0.3 is 0 Å². The number of hydrogen-bond donors (Lipinski definition) is 0. The number of benzene rings is 9. The summed E-state index contributed by atoms with van der Waals surface area (Å²) >= 11 is 0. The van der Waals surface area contributed by atoms with Crippen molar-refractivity contribution in [1.82, 2.24) is 4.57 Å². The molecular weight excluding hydrogens is 749 g/mol. The van der Waals surface area contributed by atoms with Crippen molar-refractivity contribution in [1.29, 1.82) is 0 Å². The van der Waals surface area contributed by atoms with Crippen molar-refractivity contribution in [3.8, 4) is 50.2 Å². The standard InChI is InChI=1S/C60H46N2/c1-59(2)51-22-15-25-57(62-55-23-13-11-20-47(55)48-21-12-14-24-56(48)62)58(51)50-38-53-49(37-54(50)59)46-35-34-45(36-52(46)60(53,3)4)61(43-30-26-41(27-31-43)39-16-7-5-8-17-39)44-32-28-42(29-33-44)40-18-9-6-10-19-40/h5-38H,1-4H3. The van der Waals surface area contributed by atoms with Crippen molar-refractivity contribution < 1.29 is 0 Å². The fourth-order valence-corrected chi connectivity index (χ4v) is 10.8. The lowest BCUT2D eigenvalue weighted by Crippen LogP contribution is -2.17. The van der Waals surface area contributed by atoms with Gasteiger partial charge in [0.25, 0.3) is 0 Å². The highest BCUT2D eigenvalue weighted by molar-refractivity contribution is 6.10. The maximum Gasteiger partial charge on any atom is 0.0543 e. The molecule has 0 bridgehead atoms. The molecule has 0 unspecified atom stereocenters. The van der Waals surface area contributed by atoms with Crippen molar-refractivity contribution >= 4 is 38.9 Å². The van der Waals surface area contributed by atoms with Gasteiger partial charge in [0.15, 0.2) is 0 Å². The summed E-state index contributed by atoms with van der Waals surface area (Å²) in [5, 5.41) is 2.57. The molecule has 0 saturated heterocycles. The maximum absolute atomic E-state index is 2.55. The highest BCUT2D eigenvalue weighted by Crippen LogP contribution is 2.58. The number of fused-ring (bicyclic) bond motifs is 9. The molecule has 296 valence electrons. The Balaban J connectivity index is 0.995. The first-order chi connectivity index (χ1) is 30.3. The minimum atomic E-state index is -0.232. The van der Waals surface area contributed by atoms with Gasteiger partial charge in [-0.05, 0) is 128 Å². The number of para-hydroxylation sites is 2. The molecular formula is C60H46N2. The SMILES string of the molecule is CC1(C)c2cc(N(c3ccc(-c4ccccc4)cc3)c3ccc(-c4ccccc4)cc3)ccc2-c2cc3c(cc21)-c1c(-n2c4ccccc4c4ccccc42)cccc1C3(C)C. The van der Waals surface area contributed by atoms with E-state index in [1.54, 1.807) is 0 Å². The average Bonchev–Trinajstić information content (AvgIpc) is 3.86. The first kappa shape index (κ1) is 36.4. The molecule has 0 radical (unpaired) electrons. The summed E-state index contributed by atoms with van der Waals surface area (Å²) in [6, 6.07) is 76.2. The van der Waals surface area contributed by atoms with Crippen LogP contribution in [0.1, 0.15) is 49.9 Å². The maximum atomic E-state index is 2.55. The molecule has 2 nitrogen and oxygen atoms in total. The Morgan fingerprint density at radius 1 is 0.339 bits per heavy atom. The summed E-state index contributed by atoms with van der Waals surface area (Å²) in [5.41, 5.74) is 22.5. The van der Waals surface area contributed by atoms with Crippen LogP contribution >= 0.6 is 0 Å². The molecule has 2 heteroatoms. The van der Waals surface area contributed by atoms with E-state index in [9.17, 15) is 0 Å². The van der Waals surface area contributed by atoms with Crippen molar-refractivity contribution in [2.45, 2.75) is 38.5 Å². The lowest BCUT2D eigenvalue weighted by atomic mass is 9.79. The van der Waals surface area contributed by atoms with Crippen LogP contribution < -0.4 is 4.90 Å². The zero-order valence-corrected chi connectivity index (χ0v) is 35.5. The molecule has 0 atom stereocenters.